The summed E-state index contributed by atoms with van der Waals surface area (Å²) in [6, 6.07) is 6.23. The Morgan fingerprint density at radius 2 is 2.11 bits per heavy atom. The van der Waals surface area contributed by atoms with Crippen LogP contribution in [-0.2, 0) is 0 Å². The summed E-state index contributed by atoms with van der Waals surface area (Å²) in [5, 5.41) is 3.10. The summed E-state index contributed by atoms with van der Waals surface area (Å²) in [5.41, 5.74) is 9.34. The Labute approximate surface area is 116 Å². The first-order chi connectivity index (χ1) is 9.22. The lowest BCUT2D eigenvalue weighted by molar-refractivity contribution is 0.0926. The number of nitrogens with two attached hydrogens (primary N) is 1. The predicted molar refractivity (Wildman–Crippen MR) is 77.3 cm³/mol. The van der Waals surface area contributed by atoms with Crippen LogP contribution < -0.4 is 11.1 Å². The van der Waals surface area contributed by atoms with Crippen molar-refractivity contribution in [2.45, 2.75) is 37.8 Å². The predicted octanol–water partition coefficient (Wildman–Crippen LogP) is 2.30. The van der Waals surface area contributed by atoms with Crippen molar-refractivity contribution >= 4 is 27.5 Å². The van der Waals surface area contributed by atoms with Crippen molar-refractivity contribution in [2.75, 3.05) is 0 Å². The van der Waals surface area contributed by atoms with Gasteiger partial charge in [0, 0.05) is 17.6 Å². The molecule has 2 aromatic rings. The van der Waals surface area contributed by atoms with E-state index < -0.39 is 0 Å². The number of fused-ring (bicyclic) bond motifs is 1. The summed E-state index contributed by atoms with van der Waals surface area (Å²) in [4.78, 5) is 16.4. The quantitative estimate of drug-likeness (QED) is 0.883. The number of thiazole rings is 1. The third-order valence-corrected chi connectivity index (χ3v) is 4.49. The standard InChI is InChI=1S/C14H17N3OS/c15-10-2-4-11(5-3-10)17-14(18)9-1-6-12-13(7-9)19-8-16-12/h1,6-8,10-11H,2-5,15H2,(H,17,18)/t10-,11-. The molecule has 0 radical (unpaired) electrons. The van der Waals surface area contributed by atoms with E-state index in [2.05, 4.69) is 10.3 Å². The lowest BCUT2D eigenvalue weighted by Gasteiger charge is -2.26. The lowest BCUT2D eigenvalue weighted by Crippen LogP contribution is -2.40. The molecule has 0 unspecified atom stereocenters. The molecule has 0 atom stereocenters. The van der Waals surface area contributed by atoms with Crippen LogP contribution in [0.1, 0.15) is 36.0 Å². The molecule has 5 heteroatoms. The first kappa shape index (κ1) is 12.6. The minimum Gasteiger partial charge on any atom is -0.349 e. The smallest absolute Gasteiger partial charge is 0.251 e. The maximum atomic E-state index is 12.2. The second-order valence-electron chi connectivity index (χ2n) is 5.12. The maximum Gasteiger partial charge on any atom is 0.251 e. The Kier molecular flexibility index (Phi) is 3.48. The first-order valence-corrected chi connectivity index (χ1v) is 7.50. The lowest BCUT2D eigenvalue weighted by atomic mass is 9.91. The van der Waals surface area contributed by atoms with Gasteiger partial charge in [0.2, 0.25) is 0 Å². The van der Waals surface area contributed by atoms with Gasteiger partial charge in [0.25, 0.3) is 5.91 Å². The fourth-order valence-corrected chi connectivity index (χ4v) is 3.24. The molecule has 3 N–H and O–H groups in total. The van der Waals surface area contributed by atoms with E-state index in [-0.39, 0.29) is 11.9 Å². The van der Waals surface area contributed by atoms with Crippen LogP contribution in [0.25, 0.3) is 10.2 Å². The van der Waals surface area contributed by atoms with Crippen LogP contribution in [0.3, 0.4) is 0 Å². The van der Waals surface area contributed by atoms with E-state index in [0.717, 1.165) is 35.9 Å². The van der Waals surface area contributed by atoms with Crippen molar-refractivity contribution in [1.29, 1.82) is 0 Å². The molecular formula is C14H17N3OS. The molecule has 100 valence electrons. The Balaban J connectivity index is 1.69. The highest BCUT2D eigenvalue weighted by molar-refractivity contribution is 7.16. The Morgan fingerprint density at radius 1 is 1.32 bits per heavy atom. The molecule has 0 spiro atoms. The van der Waals surface area contributed by atoms with E-state index in [1.165, 1.54) is 0 Å². The van der Waals surface area contributed by atoms with E-state index >= 15 is 0 Å². The summed E-state index contributed by atoms with van der Waals surface area (Å²) in [6.07, 6.45) is 3.96. The average molecular weight is 275 g/mol. The fraction of sp³-hybridized carbons (Fsp3) is 0.429. The third kappa shape index (κ3) is 2.77. The summed E-state index contributed by atoms with van der Waals surface area (Å²) in [6.45, 7) is 0. The van der Waals surface area contributed by atoms with Crippen LogP contribution >= 0.6 is 11.3 Å². The van der Waals surface area contributed by atoms with Crippen molar-refractivity contribution in [2.24, 2.45) is 5.73 Å². The van der Waals surface area contributed by atoms with Crippen LogP contribution in [0.5, 0.6) is 0 Å². The second-order valence-corrected chi connectivity index (χ2v) is 6.01. The second kappa shape index (κ2) is 5.27. The number of carbonyl (C=O) groups excluding carboxylic acids is 1. The number of hydrogen-bond acceptors (Lipinski definition) is 4. The minimum absolute atomic E-state index is 0.00997. The molecule has 1 fully saturated rings. The molecular weight excluding hydrogens is 258 g/mol. The molecule has 1 aromatic heterocycles. The van der Waals surface area contributed by atoms with Gasteiger partial charge in [0.05, 0.1) is 15.7 Å². The molecule has 0 aliphatic heterocycles. The van der Waals surface area contributed by atoms with Crippen LogP contribution in [0.4, 0.5) is 0 Å². The van der Waals surface area contributed by atoms with Crippen molar-refractivity contribution in [3.63, 3.8) is 0 Å². The summed E-state index contributed by atoms with van der Waals surface area (Å²) in [7, 11) is 0. The van der Waals surface area contributed by atoms with E-state index in [1.807, 2.05) is 18.2 Å². The summed E-state index contributed by atoms with van der Waals surface area (Å²) in [5.74, 6) is 0.00997. The molecule has 0 bridgehead atoms. The summed E-state index contributed by atoms with van der Waals surface area (Å²) < 4.78 is 1.05. The zero-order valence-electron chi connectivity index (χ0n) is 10.6. The van der Waals surface area contributed by atoms with E-state index in [1.54, 1.807) is 16.8 Å². The summed E-state index contributed by atoms with van der Waals surface area (Å²) >= 11 is 1.56. The highest BCUT2D eigenvalue weighted by Crippen LogP contribution is 2.20. The number of amides is 1. The van der Waals surface area contributed by atoms with Gasteiger partial charge in [-0.05, 0) is 43.9 Å². The van der Waals surface area contributed by atoms with E-state index in [9.17, 15) is 4.79 Å². The van der Waals surface area contributed by atoms with Gasteiger partial charge in [0.15, 0.2) is 0 Å². The Bertz CT molecular complexity index is 587. The third-order valence-electron chi connectivity index (χ3n) is 3.70. The molecule has 1 heterocycles. The van der Waals surface area contributed by atoms with Gasteiger partial charge in [-0.25, -0.2) is 4.98 Å². The molecule has 1 saturated carbocycles. The molecule has 0 saturated heterocycles. The van der Waals surface area contributed by atoms with Gasteiger partial charge >= 0.3 is 0 Å². The van der Waals surface area contributed by atoms with Gasteiger partial charge in [-0.15, -0.1) is 11.3 Å². The zero-order chi connectivity index (χ0) is 13.2. The van der Waals surface area contributed by atoms with Crippen LogP contribution in [0, 0.1) is 0 Å². The molecule has 4 nitrogen and oxygen atoms in total. The van der Waals surface area contributed by atoms with Crippen molar-refractivity contribution in [3.8, 4) is 0 Å². The zero-order valence-corrected chi connectivity index (χ0v) is 11.5. The number of rotatable bonds is 2. The highest BCUT2D eigenvalue weighted by atomic mass is 32.1. The normalized spacial score (nSPS) is 23.4. The van der Waals surface area contributed by atoms with Crippen LogP contribution in [0.2, 0.25) is 0 Å². The molecule has 1 aliphatic rings. The number of hydrogen-bond donors (Lipinski definition) is 2. The largest absolute Gasteiger partial charge is 0.349 e. The first-order valence-electron chi connectivity index (χ1n) is 6.62. The molecule has 1 aromatic carbocycles. The number of nitrogens with zero attached hydrogens (tertiary/aromatic N) is 1. The van der Waals surface area contributed by atoms with Gasteiger partial charge in [-0.3, -0.25) is 4.79 Å². The molecule has 1 amide bonds. The fourth-order valence-electron chi connectivity index (χ4n) is 2.53. The SMILES string of the molecule is N[C@H]1CC[C@H](NC(=O)c2ccc3ncsc3c2)CC1. The van der Waals surface area contributed by atoms with Gasteiger partial charge in [0.1, 0.15) is 0 Å². The number of carbonyl (C=O) groups is 1. The minimum atomic E-state index is 0.00997. The van der Waals surface area contributed by atoms with E-state index in [4.69, 9.17) is 5.73 Å². The van der Waals surface area contributed by atoms with Gasteiger partial charge in [-0.2, -0.15) is 0 Å². The van der Waals surface area contributed by atoms with Crippen LogP contribution in [-0.4, -0.2) is 23.0 Å². The average Bonchev–Trinajstić information content (AvgIpc) is 2.88. The number of nitrogens with one attached hydrogen (secondary N) is 1. The molecule has 1 aliphatic carbocycles. The van der Waals surface area contributed by atoms with Gasteiger partial charge < -0.3 is 11.1 Å². The van der Waals surface area contributed by atoms with Crippen molar-refractivity contribution in [1.82, 2.24) is 10.3 Å². The Morgan fingerprint density at radius 3 is 2.89 bits per heavy atom. The number of aromatic nitrogens is 1. The maximum absolute atomic E-state index is 12.2. The molecule has 19 heavy (non-hydrogen) atoms. The van der Waals surface area contributed by atoms with Crippen LogP contribution in [0.15, 0.2) is 23.7 Å². The van der Waals surface area contributed by atoms with Gasteiger partial charge in [-0.1, -0.05) is 0 Å². The number of benzene rings is 1. The monoisotopic (exact) mass is 275 g/mol. The highest BCUT2D eigenvalue weighted by Gasteiger charge is 2.20. The Hall–Kier alpha value is -1.46. The van der Waals surface area contributed by atoms with Crippen molar-refractivity contribution in [3.05, 3.63) is 29.3 Å². The molecule has 3 rings (SSSR count). The topological polar surface area (TPSA) is 68.0 Å². The van der Waals surface area contributed by atoms with Crippen molar-refractivity contribution < 1.29 is 4.79 Å². The van der Waals surface area contributed by atoms with E-state index in [0.29, 0.717) is 11.6 Å².